The van der Waals surface area contributed by atoms with Gasteiger partial charge < -0.3 is 9.72 Å². The summed E-state index contributed by atoms with van der Waals surface area (Å²) in [5.41, 5.74) is 0.201. The number of rotatable bonds is 6. The van der Waals surface area contributed by atoms with Gasteiger partial charge in [0.25, 0.3) is 5.56 Å². The minimum absolute atomic E-state index is 0.131. The van der Waals surface area contributed by atoms with Crippen molar-refractivity contribution in [3.63, 3.8) is 0 Å². The summed E-state index contributed by atoms with van der Waals surface area (Å²) in [6, 6.07) is 6.42. The molecule has 0 spiro atoms. The van der Waals surface area contributed by atoms with Crippen LogP contribution >= 0.6 is 11.8 Å². The van der Waals surface area contributed by atoms with Gasteiger partial charge in [-0.2, -0.15) is 0 Å². The molecule has 0 fully saturated rings. The van der Waals surface area contributed by atoms with Gasteiger partial charge in [-0.05, 0) is 31.2 Å². The number of ketones is 1. The molecule has 0 unspecified atom stereocenters. The topological polar surface area (TPSA) is 89.1 Å². The fourth-order valence-corrected chi connectivity index (χ4v) is 2.83. The number of hydrogen-bond donors (Lipinski definition) is 1. The van der Waals surface area contributed by atoms with Crippen molar-refractivity contribution in [2.24, 2.45) is 0 Å². The van der Waals surface area contributed by atoms with E-state index in [4.69, 9.17) is 0 Å². The number of halogens is 1. The van der Waals surface area contributed by atoms with E-state index in [9.17, 15) is 18.8 Å². The number of nitrogens with one attached hydrogen (secondary N) is 1. The van der Waals surface area contributed by atoms with E-state index in [1.54, 1.807) is 6.92 Å². The van der Waals surface area contributed by atoms with Crippen LogP contribution in [-0.2, 0) is 16.0 Å². The number of carbonyl (C=O) groups is 2. The predicted molar refractivity (Wildman–Crippen MR) is 86.6 cm³/mol. The Morgan fingerprint density at radius 3 is 2.62 bits per heavy atom. The molecule has 0 aliphatic rings. The van der Waals surface area contributed by atoms with E-state index in [1.165, 1.54) is 37.4 Å². The van der Waals surface area contributed by atoms with Gasteiger partial charge in [-0.25, -0.2) is 9.37 Å². The van der Waals surface area contributed by atoms with Crippen LogP contribution in [-0.4, -0.2) is 34.1 Å². The van der Waals surface area contributed by atoms with Crippen LogP contribution in [0.1, 0.15) is 23.0 Å². The van der Waals surface area contributed by atoms with Crippen LogP contribution in [0.5, 0.6) is 0 Å². The first kappa shape index (κ1) is 17.9. The zero-order valence-electron chi connectivity index (χ0n) is 13.0. The molecule has 1 aromatic heterocycles. The lowest BCUT2D eigenvalue weighted by atomic mass is 10.1. The predicted octanol–water partition coefficient (Wildman–Crippen LogP) is 1.99. The lowest BCUT2D eigenvalue weighted by Crippen LogP contribution is -2.17. The summed E-state index contributed by atoms with van der Waals surface area (Å²) in [4.78, 5) is 41.9. The van der Waals surface area contributed by atoms with Crippen LogP contribution in [0, 0.1) is 5.82 Å². The molecule has 6 nitrogen and oxygen atoms in total. The number of carbonyl (C=O) groups excluding carboxylic acids is 2. The van der Waals surface area contributed by atoms with E-state index in [0.717, 1.165) is 11.8 Å². The molecule has 24 heavy (non-hydrogen) atoms. The second kappa shape index (κ2) is 7.87. The van der Waals surface area contributed by atoms with Crippen LogP contribution in [0.2, 0.25) is 0 Å². The quantitative estimate of drug-likeness (QED) is 0.371. The molecule has 1 atom stereocenters. The van der Waals surface area contributed by atoms with Crippen molar-refractivity contribution in [3.05, 3.63) is 57.8 Å². The second-order valence-electron chi connectivity index (χ2n) is 4.93. The Bertz CT molecular complexity index is 804. The Morgan fingerprint density at radius 1 is 1.33 bits per heavy atom. The van der Waals surface area contributed by atoms with Crippen LogP contribution in [0.3, 0.4) is 0 Å². The smallest absolute Gasteiger partial charge is 0.311 e. The molecule has 0 saturated carbocycles. The van der Waals surface area contributed by atoms with Gasteiger partial charge >= 0.3 is 5.97 Å². The van der Waals surface area contributed by atoms with E-state index in [0.29, 0.717) is 5.56 Å². The Hall–Kier alpha value is -2.48. The summed E-state index contributed by atoms with van der Waals surface area (Å²) < 4.78 is 17.5. The standard InChI is InChI=1S/C16H15FN2O4S/c1-9(15(22)10-3-5-11(17)6-4-10)24-16-18-12(7-13(20)19-16)8-14(21)23-2/h3-7,9H,8H2,1-2H3,(H,18,19,20)/t9-/m1/s1. The van der Waals surface area contributed by atoms with Crippen molar-refractivity contribution in [2.45, 2.75) is 23.8 Å². The minimum atomic E-state index is -0.549. The normalized spacial score (nSPS) is 11.8. The molecule has 0 amide bonds. The average Bonchev–Trinajstić information content (AvgIpc) is 2.54. The molecule has 1 heterocycles. The third-order valence-electron chi connectivity index (χ3n) is 3.11. The number of H-pyrrole nitrogens is 1. The van der Waals surface area contributed by atoms with Crippen LogP contribution in [0.15, 0.2) is 40.3 Å². The highest BCUT2D eigenvalue weighted by Gasteiger charge is 2.18. The molecule has 2 rings (SSSR count). The number of methoxy groups -OCH3 is 1. The maximum atomic E-state index is 12.9. The maximum Gasteiger partial charge on any atom is 0.311 e. The number of nitrogens with zero attached hydrogens (tertiary/aromatic N) is 1. The summed E-state index contributed by atoms with van der Waals surface area (Å²) in [6.07, 6.45) is -0.131. The van der Waals surface area contributed by atoms with Gasteiger partial charge in [-0.3, -0.25) is 14.4 Å². The number of aromatic nitrogens is 2. The molecule has 0 aliphatic heterocycles. The van der Waals surface area contributed by atoms with Crippen molar-refractivity contribution in [1.82, 2.24) is 9.97 Å². The Kier molecular flexibility index (Phi) is 5.86. The van der Waals surface area contributed by atoms with Crippen molar-refractivity contribution in [2.75, 3.05) is 7.11 Å². The minimum Gasteiger partial charge on any atom is -0.469 e. The highest BCUT2D eigenvalue weighted by atomic mass is 32.2. The number of benzene rings is 1. The van der Waals surface area contributed by atoms with Crippen LogP contribution < -0.4 is 5.56 Å². The van der Waals surface area contributed by atoms with Gasteiger partial charge in [0.1, 0.15) is 5.82 Å². The number of ether oxygens (including phenoxy) is 1. The van der Waals surface area contributed by atoms with Gasteiger partial charge in [-0.15, -0.1) is 0 Å². The number of Topliss-reactive ketones (excluding diaryl/α,β-unsaturated/α-hetero) is 1. The second-order valence-corrected chi connectivity index (χ2v) is 6.26. The Labute approximate surface area is 141 Å². The van der Waals surface area contributed by atoms with Crippen molar-refractivity contribution < 1.29 is 18.7 Å². The first-order valence-corrected chi connectivity index (χ1v) is 7.90. The van der Waals surface area contributed by atoms with E-state index in [-0.39, 0.29) is 23.1 Å². The van der Waals surface area contributed by atoms with Gasteiger partial charge in [0.05, 0.1) is 24.5 Å². The summed E-state index contributed by atoms with van der Waals surface area (Å²) in [7, 11) is 1.24. The van der Waals surface area contributed by atoms with Gasteiger partial charge in [0.2, 0.25) is 0 Å². The highest BCUT2D eigenvalue weighted by molar-refractivity contribution is 8.00. The summed E-state index contributed by atoms with van der Waals surface area (Å²) >= 11 is 1.05. The van der Waals surface area contributed by atoms with E-state index < -0.39 is 22.6 Å². The molecular weight excluding hydrogens is 335 g/mol. The van der Waals surface area contributed by atoms with Crippen LogP contribution in [0.4, 0.5) is 4.39 Å². The number of thioether (sulfide) groups is 1. The van der Waals surface area contributed by atoms with Crippen molar-refractivity contribution in [3.8, 4) is 0 Å². The third-order valence-corrected chi connectivity index (χ3v) is 4.10. The highest BCUT2D eigenvalue weighted by Crippen LogP contribution is 2.22. The molecule has 2 aromatic rings. The largest absolute Gasteiger partial charge is 0.469 e. The number of aromatic amines is 1. The zero-order valence-corrected chi connectivity index (χ0v) is 13.9. The van der Waals surface area contributed by atoms with Crippen molar-refractivity contribution in [1.29, 1.82) is 0 Å². The SMILES string of the molecule is COC(=O)Cc1cc(=O)[nH]c(S[C@H](C)C(=O)c2ccc(F)cc2)n1. The lowest BCUT2D eigenvalue weighted by Gasteiger charge is -2.10. The molecule has 126 valence electrons. The fourth-order valence-electron chi connectivity index (χ4n) is 1.92. The molecular formula is C16H15FN2O4S. The van der Waals surface area contributed by atoms with E-state index in [1.807, 2.05) is 0 Å². The Morgan fingerprint density at radius 2 is 2.00 bits per heavy atom. The van der Waals surface area contributed by atoms with Gasteiger partial charge in [-0.1, -0.05) is 11.8 Å². The lowest BCUT2D eigenvalue weighted by molar-refractivity contribution is -0.139. The van der Waals surface area contributed by atoms with Crippen LogP contribution in [0.25, 0.3) is 0 Å². The molecule has 0 saturated heterocycles. The van der Waals surface area contributed by atoms with E-state index >= 15 is 0 Å². The summed E-state index contributed by atoms with van der Waals surface area (Å²) in [6.45, 7) is 1.66. The molecule has 1 N–H and O–H groups in total. The van der Waals surface area contributed by atoms with Gasteiger partial charge in [0.15, 0.2) is 10.9 Å². The first-order valence-electron chi connectivity index (χ1n) is 7.02. The average molecular weight is 350 g/mol. The third kappa shape index (κ3) is 4.76. The molecule has 0 aliphatic carbocycles. The number of esters is 1. The zero-order chi connectivity index (χ0) is 17.7. The summed E-state index contributed by atoms with van der Waals surface area (Å²) in [5, 5.41) is -0.323. The monoisotopic (exact) mass is 350 g/mol. The van der Waals surface area contributed by atoms with Gasteiger partial charge in [0, 0.05) is 11.6 Å². The molecule has 8 heteroatoms. The molecule has 0 radical (unpaired) electrons. The van der Waals surface area contributed by atoms with Crippen molar-refractivity contribution >= 4 is 23.5 Å². The summed E-state index contributed by atoms with van der Waals surface area (Å²) in [5.74, 6) is -1.16. The Balaban J connectivity index is 2.14. The molecule has 0 bridgehead atoms. The van der Waals surface area contributed by atoms with E-state index in [2.05, 4.69) is 14.7 Å². The number of hydrogen-bond acceptors (Lipinski definition) is 6. The molecule has 1 aromatic carbocycles. The fraction of sp³-hybridized carbons (Fsp3) is 0.250. The maximum absolute atomic E-state index is 12.9. The first-order chi connectivity index (χ1) is 11.4.